The lowest BCUT2D eigenvalue weighted by molar-refractivity contribution is 0.0766. The highest BCUT2D eigenvalue weighted by molar-refractivity contribution is 6.30. The monoisotopic (exact) mass is 229 g/mol. The molecule has 1 aromatic rings. The lowest BCUT2D eigenvalue weighted by atomic mass is 10.2. The van der Waals surface area contributed by atoms with Crippen LogP contribution < -0.4 is 4.74 Å². The smallest absolute Gasteiger partial charge is 0.123 e. The molecule has 0 aliphatic carbocycles. The zero-order valence-electron chi connectivity index (χ0n) is 9.29. The van der Waals surface area contributed by atoms with Crippen molar-refractivity contribution in [2.24, 2.45) is 0 Å². The van der Waals surface area contributed by atoms with Gasteiger partial charge >= 0.3 is 0 Å². The fourth-order valence-electron chi connectivity index (χ4n) is 1.43. The van der Waals surface area contributed by atoms with Crippen LogP contribution in [0.15, 0.2) is 18.2 Å². The summed E-state index contributed by atoms with van der Waals surface area (Å²) in [6, 6.07) is 5.60. The van der Waals surface area contributed by atoms with Crippen LogP contribution in [0, 0.1) is 0 Å². The summed E-state index contributed by atoms with van der Waals surface area (Å²) in [5, 5.41) is 0.719. The van der Waals surface area contributed by atoms with Crippen molar-refractivity contribution in [3.05, 3.63) is 28.8 Å². The molecule has 0 aromatic heterocycles. The van der Waals surface area contributed by atoms with E-state index in [1.54, 1.807) is 14.2 Å². The Morgan fingerprint density at radius 2 is 2.07 bits per heavy atom. The van der Waals surface area contributed by atoms with Gasteiger partial charge in [0.1, 0.15) is 5.75 Å². The highest BCUT2D eigenvalue weighted by Crippen LogP contribution is 2.23. The summed E-state index contributed by atoms with van der Waals surface area (Å²) < 4.78 is 10.3. The molecule has 0 atom stereocenters. The average molecular weight is 230 g/mol. The van der Waals surface area contributed by atoms with Crippen molar-refractivity contribution in [1.29, 1.82) is 0 Å². The standard InChI is InChI=1S/C11H16ClNO2/c1-13(8-14-2)7-9-6-10(12)4-5-11(9)15-3/h4-6H,7-8H2,1-3H3. The molecule has 15 heavy (non-hydrogen) atoms. The van der Waals surface area contributed by atoms with Gasteiger partial charge in [0.25, 0.3) is 0 Å². The molecule has 3 nitrogen and oxygen atoms in total. The van der Waals surface area contributed by atoms with Gasteiger partial charge in [0.2, 0.25) is 0 Å². The third-order valence-corrected chi connectivity index (χ3v) is 2.27. The van der Waals surface area contributed by atoms with Crippen LogP contribution in [0.25, 0.3) is 0 Å². The van der Waals surface area contributed by atoms with E-state index >= 15 is 0 Å². The molecule has 0 aliphatic heterocycles. The summed E-state index contributed by atoms with van der Waals surface area (Å²) in [6.45, 7) is 1.33. The molecule has 0 N–H and O–H groups in total. The number of methoxy groups -OCH3 is 2. The molecule has 0 saturated carbocycles. The largest absolute Gasteiger partial charge is 0.496 e. The molecule has 1 rings (SSSR count). The van der Waals surface area contributed by atoms with Gasteiger partial charge in [-0.25, -0.2) is 0 Å². The van der Waals surface area contributed by atoms with E-state index in [9.17, 15) is 0 Å². The summed E-state index contributed by atoms with van der Waals surface area (Å²) in [6.07, 6.45) is 0. The SMILES string of the molecule is COCN(C)Cc1cc(Cl)ccc1OC. The second-order valence-electron chi connectivity index (χ2n) is 3.39. The fraction of sp³-hybridized carbons (Fsp3) is 0.455. The first-order valence-corrected chi connectivity index (χ1v) is 5.05. The van der Waals surface area contributed by atoms with Crippen molar-refractivity contribution in [2.75, 3.05) is 28.0 Å². The first-order valence-electron chi connectivity index (χ1n) is 4.67. The molecule has 84 valence electrons. The molecule has 0 amide bonds. The maximum absolute atomic E-state index is 5.93. The molecule has 0 unspecified atom stereocenters. The van der Waals surface area contributed by atoms with Crippen LogP contribution in [0.3, 0.4) is 0 Å². The van der Waals surface area contributed by atoms with E-state index in [1.807, 2.05) is 30.1 Å². The molecule has 1 aromatic carbocycles. The molecule has 0 spiro atoms. The Bertz CT molecular complexity index is 317. The Morgan fingerprint density at radius 1 is 1.33 bits per heavy atom. The van der Waals surface area contributed by atoms with Crippen molar-refractivity contribution in [2.45, 2.75) is 6.54 Å². The minimum absolute atomic E-state index is 0.579. The van der Waals surface area contributed by atoms with Crippen LogP contribution in [0.2, 0.25) is 5.02 Å². The number of hydrogen-bond donors (Lipinski definition) is 0. The summed E-state index contributed by atoms with van der Waals surface area (Å²) in [5.41, 5.74) is 1.06. The van der Waals surface area contributed by atoms with E-state index in [0.717, 1.165) is 22.9 Å². The van der Waals surface area contributed by atoms with Gasteiger partial charge in [-0.3, -0.25) is 4.90 Å². The van der Waals surface area contributed by atoms with Crippen LogP contribution in [-0.4, -0.2) is 32.9 Å². The molecule has 0 saturated heterocycles. The van der Waals surface area contributed by atoms with E-state index < -0.39 is 0 Å². The third kappa shape index (κ3) is 3.70. The van der Waals surface area contributed by atoms with E-state index in [4.69, 9.17) is 21.1 Å². The summed E-state index contributed by atoms with van der Waals surface area (Å²) >= 11 is 5.93. The first kappa shape index (κ1) is 12.3. The van der Waals surface area contributed by atoms with Crippen LogP contribution in [-0.2, 0) is 11.3 Å². The molecule has 0 heterocycles. The predicted octanol–water partition coefficient (Wildman–Crippen LogP) is 2.38. The van der Waals surface area contributed by atoms with E-state index in [1.165, 1.54) is 0 Å². The molecule has 0 fully saturated rings. The Morgan fingerprint density at radius 3 is 2.67 bits per heavy atom. The van der Waals surface area contributed by atoms with Gasteiger partial charge in [-0.2, -0.15) is 0 Å². The van der Waals surface area contributed by atoms with E-state index in [0.29, 0.717) is 6.73 Å². The topological polar surface area (TPSA) is 21.7 Å². The Hall–Kier alpha value is -0.770. The van der Waals surface area contributed by atoms with Crippen LogP contribution in [0.1, 0.15) is 5.56 Å². The Balaban J connectivity index is 2.77. The zero-order chi connectivity index (χ0) is 11.3. The predicted molar refractivity (Wildman–Crippen MR) is 61.3 cm³/mol. The van der Waals surface area contributed by atoms with Gasteiger partial charge < -0.3 is 9.47 Å². The lowest BCUT2D eigenvalue weighted by Crippen LogP contribution is -2.20. The third-order valence-electron chi connectivity index (χ3n) is 2.03. The van der Waals surface area contributed by atoms with Crippen molar-refractivity contribution in [1.82, 2.24) is 4.90 Å². The highest BCUT2D eigenvalue weighted by atomic mass is 35.5. The number of hydrogen-bond acceptors (Lipinski definition) is 3. The van der Waals surface area contributed by atoms with Crippen molar-refractivity contribution >= 4 is 11.6 Å². The van der Waals surface area contributed by atoms with E-state index in [2.05, 4.69) is 0 Å². The molecule has 0 radical (unpaired) electrons. The molecular formula is C11H16ClNO2. The van der Waals surface area contributed by atoms with Crippen LogP contribution >= 0.6 is 11.6 Å². The highest BCUT2D eigenvalue weighted by Gasteiger charge is 2.06. The second kappa shape index (κ2) is 5.95. The molecule has 4 heteroatoms. The molecular weight excluding hydrogens is 214 g/mol. The number of nitrogens with zero attached hydrogens (tertiary/aromatic N) is 1. The summed E-state index contributed by atoms with van der Waals surface area (Å²) in [4.78, 5) is 2.04. The number of benzene rings is 1. The zero-order valence-corrected chi connectivity index (χ0v) is 10.0. The lowest BCUT2D eigenvalue weighted by Gasteiger charge is -2.17. The summed E-state index contributed by atoms with van der Waals surface area (Å²) in [7, 11) is 5.30. The van der Waals surface area contributed by atoms with Gasteiger partial charge in [-0.05, 0) is 25.2 Å². The Labute approximate surface area is 95.5 Å². The maximum atomic E-state index is 5.93. The van der Waals surface area contributed by atoms with E-state index in [-0.39, 0.29) is 0 Å². The van der Waals surface area contributed by atoms with Crippen LogP contribution in [0.5, 0.6) is 5.75 Å². The first-order chi connectivity index (χ1) is 7.17. The minimum atomic E-state index is 0.579. The average Bonchev–Trinajstić information content (AvgIpc) is 2.18. The molecule has 0 bridgehead atoms. The Kier molecular flexibility index (Phi) is 4.88. The molecule has 0 aliphatic rings. The van der Waals surface area contributed by atoms with Gasteiger partial charge in [0.05, 0.1) is 13.8 Å². The second-order valence-corrected chi connectivity index (χ2v) is 3.82. The number of halogens is 1. The fourth-order valence-corrected chi connectivity index (χ4v) is 1.62. The number of rotatable bonds is 5. The van der Waals surface area contributed by atoms with Crippen LogP contribution in [0.4, 0.5) is 0 Å². The summed E-state index contributed by atoms with van der Waals surface area (Å²) in [5.74, 6) is 0.849. The van der Waals surface area contributed by atoms with Crippen molar-refractivity contribution < 1.29 is 9.47 Å². The minimum Gasteiger partial charge on any atom is -0.496 e. The van der Waals surface area contributed by atoms with Gasteiger partial charge in [0, 0.05) is 24.2 Å². The van der Waals surface area contributed by atoms with Gasteiger partial charge in [-0.1, -0.05) is 11.6 Å². The number of ether oxygens (including phenoxy) is 2. The van der Waals surface area contributed by atoms with Crippen molar-refractivity contribution in [3.8, 4) is 5.75 Å². The van der Waals surface area contributed by atoms with Gasteiger partial charge in [0.15, 0.2) is 0 Å². The van der Waals surface area contributed by atoms with Gasteiger partial charge in [-0.15, -0.1) is 0 Å². The quantitative estimate of drug-likeness (QED) is 0.724. The van der Waals surface area contributed by atoms with Crippen molar-refractivity contribution in [3.63, 3.8) is 0 Å². The maximum Gasteiger partial charge on any atom is 0.123 e. The normalized spacial score (nSPS) is 10.7.